The number of amides is 2. The fourth-order valence-electron chi connectivity index (χ4n) is 3.71. The Morgan fingerprint density at radius 3 is 2.80 bits per heavy atom. The molecule has 0 aromatic heterocycles. The summed E-state index contributed by atoms with van der Waals surface area (Å²) in [4.78, 5) is 28.6. The molecule has 2 aromatic carbocycles. The molecule has 0 radical (unpaired) electrons. The molecule has 3 rings (SSSR count). The van der Waals surface area contributed by atoms with E-state index in [0.29, 0.717) is 12.2 Å². The van der Waals surface area contributed by atoms with Gasteiger partial charge in [-0.25, -0.2) is 4.39 Å². The molecule has 0 saturated carbocycles. The van der Waals surface area contributed by atoms with Crippen LogP contribution in [0.5, 0.6) is 0 Å². The molecule has 2 amide bonds. The van der Waals surface area contributed by atoms with Crippen molar-refractivity contribution in [1.29, 1.82) is 0 Å². The van der Waals surface area contributed by atoms with Crippen LogP contribution in [0, 0.1) is 18.7 Å². The van der Waals surface area contributed by atoms with E-state index in [0.717, 1.165) is 19.5 Å². The van der Waals surface area contributed by atoms with Crippen LogP contribution in [0.25, 0.3) is 0 Å². The van der Waals surface area contributed by atoms with Crippen LogP contribution < -0.4 is 15.1 Å². The zero-order chi connectivity index (χ0) is 21.7. The average molecular weight is 432 g/mol. The first-order valence-corrected chi connectivity index (χ1v) is 10.6. The van der Waals surface area contributed by atoms with Gasteiger partial charge in [-0.3, -0.25) is 9.59 Å². The second-order valence-corrected chi connectivity index (χ2v) is 7.97. The van der Waals surface area contributed by atoms with E-state index in [1.54, 1.807) is 0 Å². The zero-order valence-electron chi connectivity index (χ0n) is 17.3. The Hall–Kier alpha value is -2.60. The fourth-order valence-corrected chi connectivity index (χ4v) is 3.88. The highest BCUT2D eigenvalue weighted by atomic mass is 35.5. The van der Waals surface area contributed by atoms with E-state index in [9.17, 15) is 14.0 Å². The van der Waals surface area contributed by atoms with Gasteiger partial charge >= 0.3 is 0 Å². The molecule has 1 aliphatic heterocycles. The molecule has 7 heteroatoms. The molecule has 5 nitrogen and oxygen atoms in total. The lowest BCUT2D eigenvalue weighted by atomic mass is 10.1. The van der Waals surface area contributed by atoms with Crippen molar-refractivity contribution in [3.05, 3.63) is 58.9 Å². The van der Waals surface area contributed by atoms with Gasteiger partial charge in [-0.05, 0) is 56.2 Å². The van der Waals surface area contributed by atoms with Gasteiger partial charge in [0.2, 0.25) is 11.8 Å². The molecule has 1 N–H and O–H groups in total. The van der Waals surface area contributed by atoms with E-state index >= 15 is 0 Å². The standard InChI is InChI=1S/C23H27ClFN3O2/c1-3-27(18-7-4-6-16(2)12-18)11-5-10-26-23(30)17-13-22(29)28(15-17)19-8-9-21(25)20(24)14-19/h4,6-9,12,14,17H,3,5,10-11,13,15H2,1-2H3,(H,26,30)/t17-/m0/s1. The normalized spacial score (nSPS) is 16.1. The van der Waals surface area contributed by atoms with Crippen molar-refractivity contribution in [2.75, 3.05) is 36.0 Å². The van der Waals surface area contributed by atoms with Crippen molar-refractivity contribution in [3.8, 4) is 0 Å². The zero-order valence-corrected chi connectivity index (χ0v) is 18.1. The number of benzene rings is 2. The number of halogens is 2. The lowest BCUT2D eigenvalue weighted by Gasteiger charge is -2.23. The van der Waals surface area contributed by atoms with E-state index in [4.69, 9.17) is 11.6 Å². The summed E-state index contributed by atoms with van der Waals surface area (Å²) in [7, 11) is 0. The molecule has 1 aliphatic rings. The summed E-state index contributed by atoms with van der Waals surface area (Å²) in [6.45, 7) is 6.74. The average Bonchev–Trinajstić information content (AvgIpc) is 3.11. The van der Waals surface area contributed by atoms with Crippen LogP contribution in [0.4, 0.5) is 15.8 Å². The number of nitrogens with one attached hydrogen (secondary N) is 1. The van der Waals surface area contributed by atoms with Gasteiger partial charge in [-0.2, -0.15) is 0 Å². The Labute approximate surface area is 181 Å². The van der Waals surface area contributed by atoms with Crippen LogP contribution in [0.3, 0.4) is 0 Å². The molecule has 1 heterocycles. The Kier molecular flexibility index (Phi) is 7.32. The Bertz CT molecular complexity index is 921. The number of carbonyl (C=O) groups is 2. The van der Waals surface area contributed by atoms with E-state index in [1.165, 1.54) is 34.3 Å². The van der Waals surface area contributed by atoms with Crippen LogP contribution >= 0.6 is 11.6 Å². The second kappa shape index (κ2) is 9.94. The highest BCUT2D eigenvalue weighted by Crippen LogP contribution is 2.28. The van der Waals surface area contributed by atoms with E-state index < -0.39 is 11.7 Å². The van der Waals surface area contributed by atoms with Gasteiger partial charge in [0.15, 0.2) is 0 Å². The van der Waals surface area contributed by atoms with Crippen LogP contribution in [0.1, 0.15) is 25.3 Å². The number of nitrogens with zero attached hydrogens (tertiary/aromatic N) is 2. The molecule has 1 saturated heterocycles. The Morgan fingerprint density at radius 2 is 2.10 bits per heavy atom. The monoisotopic (exact) mass is 431 g/mol. The minimum Gasteiger partial charge on any atom is -0.372 e. The summed E-state index contributed by atoms with van der Waals surface area (Å²) in [6.07, 6.45) is 0.955. The fraction of sp³-hybridized carbons (Fsp3) is 0.391. The van der Waals surface area contributed by atoms with Crippen LogP contribution in [-0.2, 0) is 9.59 Å². The molecule has 30 heavy (non-hydrogen) atoms. The maximum atomic E-state index is 13.4. The summed E-state index contributed by atoms with van der Waals surface area (Å²) in [6, 6.07) is 12.5. The number of aryl methyl sites for hydroxylation is 1. The lowest BCUT2D eigenvalue weighted by molar-refractivity contribution is -0.126. The first-order valence-electron chi connectivity index (χ1n) is 10.2. The Morgan fingerprint density at radius 1 is 1.30 bits per heavy atom. The first-order chi connectivity index (χ1) is 14.4. The smallest absolute Gasteiger partial charge is 0.227 e. The third-order valence-electron chi connectivity index (χ3n) is 5.36. The lowest BCUT2D eigenvalue weighted by Crippen LogP contribution is -2.35. The van der Waals surface area contributed by atoms with Crippen molar-refractivity contribution in [2.45, 2.75) is 26.7 Å². The molecule has 0 bridgehead atoms. The SMILES string of the molecule is CCN(CCCNC(=O)[C@H]1CC(=O)N(c2ccc(F)c(Cl)c2)C1)c1cccc(C)c1. The molecular formula is C23H27ClFN3O2. The molecular weight excluding hydrogens is 405 g/mol. The van der Waals surface area contributed by atoms with Gasteiger partial charge in [-0.15, -0.1) is 0 Å². The summed E-state index contributed by atoms with van der Waals surface area (Å²) < 4.78 is 13.4. The van der Waals surface area contributed by atoms with Gasteiger partial charge in [0.1, 0.15) is 5.82 Å². The van der Waals surface area contributed by atoms with Gasteiger partial charge in [0, 0.05) is 44.0 Å². The van der Waals surface area contributed by atoms with Crippen LogP contribution in [0.2, 0.25) is 5.02 Å². The number of anilines is 2. The van der Waals surface area contributed by atoms with E-state index in [-0.39, 0.29) is 29.8 Å². The molecule has 160 valence electrons. The predicted molar refractivity (Wildman–Crippen MR) is 119 cm³/mol. The highest BCUT2D eigenvalue weighted by Gasteiger charge is 2.35. The van der Waals surface area contributed by atoms with Crippen molar-refractivity contribution in [1.82, 2.24) is 5.32 Å². The summed E-state index contributed by atoms with van der Waals surface area (Å²) in [5, 5.41) is 2.91. The van der Waals surface area contributed by atoms with E-state index in [1.807, 2.05) is 6.07 Å². The Balaban J connectivity index is 1.48. The van der Waals surface area contributed by atoms with Crippen LogP contribution in [-0.4, -0.2) is 38.0 Å². The van der Waals surface area contributed by atoms with Crippen molar-refractivity contribution in [3.63, 3.8) is 0 Å². The largest absolute Gasteiger partial charge is 0.372 e. The maximum absolute atomic E-state index is 13.4. The van der Waals surface area contributed by atoms with Crippen LogP contribution in [0.15, 0.2) is 42.5 Å². The molecule has 2 aromatic rings. The summed E-state index contributed by atoms with van der Waals surface area (Å²) in [5.41, 5.74) is 2.91. The quantitative estimate of drug-likeness (QED) is 0.638. The third-order valence-corrected chi connectivity index (χ3v) is 5.65. The molecule has 0 aliphatic carbocycles. The number of rotatable bonds is 8. The molecule has 1 atom stereocenters. The third kappa shape index (κ3) is 5.30. The molecule has 0 unspecified atom stereocenters. The van der Waals surface area contributed by atoms with Gasteiger partial charge in [0.05, 0.1) is 10.9 Å². The number of carbonyl (C=O) groups excluding carboxylic acids is 2. The number of hydrogen-bond acceptors (Lipinski definition) is 3. The topological polar surface area (TPSA) is 52.7 Å². The summed E-state index contributed by atoms with van der Waals surface area (Å²) >= 11 is 5.82. The van der Waals surface area contributed by atoms with Gasteiger partial charge in [0.25, 0.3) is 0 Å². The highest BCUT2D eigenvalue weighted by molar-refractivity contribution is 6.31. The van der Waals surface area contributed by atoms with Crippen molar-refractivity contribution in [2.24, 2.45) is 5.92 Å². The summed E-state index contributed by atoms with van der Waals surface area (Å²) in [5.74, 6) is -1.24. The van der Waals surface area contributed by atoms with Gasteiger partial charge < -0.3 is 15.1 Å². The minimum absolute atomic E-state index is 0.0395. The van der Waals surface area contributed by atoms with Crippen molar-refractivity contribution >= 4 is 34.8 Å². The second-order valence-electron chi connectivity index (χ2n) is 7.57. The first kappa shape index (κ1) is 22.1. The van der Waals surface area contributed by atoms with Gasteiger partial charge in [-0.1, -0.05) is 23.7 Å². The molecule has 1 fully saturated rings. The van der Waals surface area contributed by atoms with E-state index in [2.05, 4.69) is 42.3 Å². The minimum atomic E-state index is -0.534. The maximum Gasteiger partial charge on any atom is 0.227 e. The van der Waals surface area contributed by atoms with Crippen molar-refractivity contribution < 1.29 is 14.0 Å². The number of hydrogen-bond donors (Lipinski definition) is 1. The predicted octanol–water partition coefficient (Wildman–Crippen LogP) is 4.17. The molecule has 0 spiro atoms.